The molecule has 0 saturated heterocycles. The third-order valence-corrected chi connectivity index (χ3v) is 6.92. The van der Waals surface area contributed by atoms with Gasteiger partial charge in [-0.1, -0.05) is 11.6 Å². The Morgan fingerprint density at radius 3 is 2.59 bits per heavy atom. The van der Waals surface area contributed by atoms with Crippen LogP contribution in [-0.2, 0) is 10.3 Å². The first-order chi connectivity index (χ1) is 18.4. The van der Waals surface area contributed by atoms with Crippen LogP contribution in [0.3, 0.4) is 0 Å². The lowest BCUT2D eigenvalue weighted by atomic mass is 9.91. The minimum atomic E-state index is -0.881. The van der Waals surface area contributed by atoms with Crippen LogP contribution in [0, 0.1) is 13.8 Å². The highest BCUT2D eigenvalue weighted by Crippen LogP contribution is 2.39. The summed E-state index contributed by atoms with van der Waals surface area (Å²) in [5.41, 5.74) is 8.55. The molecule has 0 unspecified atom stereocenters. The van der Waals surface area contributed by atoms with Crippen molar-refractivity contribution in [2.45, 2.75) is 46.3 Å². The first-order valence-electron chi connectivity index (χ1n) is 12.2. The number of aromatic nitrogens is 1. The molecule has 0 radical (unpaired) electrons. The fourth-order valence-corrected chi connectivity index (χ4v) is 4.96. The van der Waals surface area contributed by atoms with Gasteiger partial charge in [-0.15, -0.1) is 0 Å². The summed E-state index contributed by atoms with van der Waals surface area (Å²) in [5, 5.41) is 3.21. The minimum Gasteiger partial charge on any atom is -0.483 e. The lowest BCUT2D eigenvalue weighted by Crippen LogP contribution is -2.34. The van der Waals surface area contributed by atoms with Gasteiger partial charge in [-0.2, -0.15) is 0 Å². The summed E-state index contributed by atoms with van der Waals surface area (Å²) in [5.74, 6) is -0.247. The Morgan fingerprint density at radius 1 is 1.13 bits per heavy atom. The molecule has 3 N–H and O–H groups in total. The average Bonchev–Trinajstić information content (AvgIpc) is 2.86. The summed E-state index contributed by atoms with van der Waals surface area (Å²) >= 11 is 5.94. The molecule has 0 aliphatic carbocycles. The molecule has 2 aromatic heterocycles. The minimum absolute atomic E-state index is 0.102. The Hall–Kier alpha value is -4.37. The number of fused-ring (bicyclic) bond motifs is 2. The van der Waals surface area contributed by atoms with Gasteiger partial charge in [0.1, 0.15) is 28.2 Å². The van der Waals surface area contributed by atoms with Crippen LogP contribution in [-0.4, -0.2) is 17.0 Å². The fourth-order valence-electron chi connectivity index (χ4n) is 4.81. The lowest BCUT2D eigenvalue weighted by molar-refractivity contribution is 0.0420. The van der Waals surface area contributed by atoms with E-state index in [0.29, 0.717) is 39.1 Å². The van der Waals surface area contributed by atoms with E-state index in [1.54, 1.807) is 45.9 Å². The molecule has 3 heterocycles. The third-order valence-electron chi connectivity index (χ3n) is 6.71. The number of nitrogens with zero attached hydrogens (tertiary/aromatic N) is 1. The predicted molar refractivity (Wildman–Crippen MR) is 147 cm³/mol. The van der Waals surface area contributed by atoms with Crippen molar-refractivity contribution >= 4 is 40.3 Å². The number of carbonyl (C=O) groups excluding carboxylic acids is 2. The zero-order valence-electron chi connectivity index (χ0n) is 22.0. The van der Waals surface area contributed by atoms with Crippen molar-refractivity contribution in [3.63, 3.8) is 0 Å². The van der Waals surface area contributed by atoms with Gasteiger partial charge in [0.15, 0.2) is 16.9 Å². The molecule has 39 heavy (non-hydrogen) atoms. The van der Waals surface area contributed by atoms with Gasteiger partial charge in [-0.05, 0) is 82.6 Å². The molecule has 0 spiro atoms. The molecule has 2 amide bonds. The van der Waals surface area contributed by atoms with Crippen molar-refractivity contribution in [3.05, 3.63) is 85.8 Å². The van der Waals surface area contributed by atoms with E-state index in [-0.39, 0.29) is 22.0 Å². The standard InChI is InChI=1S/C29H26ClN3O6/c1-13-10-17(15(3)37-21-8-9-22(30)33-23(21)27(31)35)26-18(11-13)24(34)14(2)25(38-26)16-6-7-20-19(12-16)29(4,5)39-28(36)32-20/h6-12,15H,1-5H3,(H2,31,35)(H,32,36)/t15-/m1/s1. The van der Waals surface area contributed by atoms with Gasteiger partial charge in [0.2, 0.25) is 0 Å². The van der Waals surface area contributed by atoms with Crippen LogP contribution in [0.2, 0.25) is 5.15 Å². The van der Waals surface area contributed by atoms with Crippen molar-refractivity contribution < 1.29 is 23.5 Å². The highest BCUT2D eigenvalue weighted by molar-refractivity contribution is 6.29. The van der Waals surface area contributed by atoms with Crippen LogP contribution < -0.4 is 21.2 Å². The molecular formula is C29H26ClN3O6. The molecule has 200 valence electrons. The number of hydrogen-bond donors (Lipinski definition) is 2. The number of nitrogens with one attached hydrogen (secondary N) is 1. The maximum Gasteiger partial charge on any atom is 0.412 e. The fraction of sp³-hybridized carbons (Fsp3) is 0.241. The number of primary amides is 1. The molecule has 5 rings (SSSR count). The van der Waals surface area contributed by atoms with E-state index >= 15 is 0 Å². The van der Waals surface area contributed by atoms with Crippen molar-refractivity contribution in [2.75, 3.05) is 5.32 Å². The summed E-state index contributed by atoms with van der Waals surface area (Å²) in [6.07, 6.45) is -1.18. The number of benzene rings is 2. The summed E-state index contributed by atoms with van der Waals surface area (Å²) < 4.78 is 18.0. The zero-order chi connectivity index (χ0) is 28.2. The number of anilines is 1. The van der Waals surface area contributed by atoms with E-state index in [1.165, 1.54) is 12.1 Å². The number of pyridine rings is 1. The normalized spacial score (nSPS) is 14.8. The number of halogens is 1. The smallest absolute Gasteiger partial charge is 0.412 e. The second kappa shape index (κ2) is 9.43. The quantitative estimate of drug-likeness (QED) is 0.286. The van der Waals surface area contributed by atoms with Crippen molar-refractivity contribution in [3.8, 4) is 17.1 Å². The number of amides is 2. The van der Waals surface area contributed by atoms with E-state index in [0.717, 1.165) is 11.1 Å². The Morgan fingerprint density at radius 2 is 1.87 bits per heavy atom. The van der Waals surface area contributed by atoms with Gasteiger partial charge in [0.25, 0.3) is 5.91 Å². The van der Waals surface area contributed by atoms with Crippen LogP contribution in [0.25, 0.3) is 22.3 Å². The topological polar surface area (TPSA) is 134 Å². The molecule has 10 heteroatoms. The van der Waals surface area contributed by atoms with Gasteiger partial charge >= 0.3 is 6.09 Å². The summed E-state index contributed by atoms with van der Waals surface area (Å²) in [7, 11) is 0. The van der Waals surface area contributed by atoms with Crippen molar-refractivity contribution in [2.24, 2.45) is 5.73 Å². The highest BCUT2D eigenvalue weighted by Gasteiger charge is 2.34. The largest absolute Gasteiger partial charge is 0.483 e. The second-order valence-electron chi connectivity index (χ2n) is 10.0. The monoisotopic (exact) mass is 547 g/mol. The van der Waals surface area contributed by atoms with Gasteiger partial charge < -0.3 is 19.6 Å². The van der Waals surface area contributed by atoms with E-state index in [2.05, 4.69) is 10.3 Å². The van der Waals surface area contributed by atoms with E-state index in [4.69, 9.17) is 31.2 Å². The number of rotatable bonds is 5. The maximum atomic E-state index is 13.6. The maximum absolute atomic E-state index is 13.6. The molecule has 0 bridgehead atoms. The van der Waals surface area contributed by atoms with Crippen LogP contribution in [0.15, 0.2) is 51.7 Å². The van der Waals surface area contributed by atoms with Gasteiger partial charge in [-0.25, -0.2) is 9.78 Å². The van der Waals surface area contributed by atoms with E-state index in [9.17, 15) is 14.4 Å². The summed E-state index contributed by atoms with van der Waals surface area (Å²) in [6, 6.07) is 12.0. The van der Waals surface area contributed by atoms with Crippen molar-refractivity contribution in [1.82, 2.24) is 4.98 Å². The molecule has 1 aliphatic rings. The summed E-state index contributed by atoms with van der Waals surface area (Å²) in [6.45, 7) is 8.95. The van der Waals surface area contributed by atoms with Gasteiger partial charge in [0.05, 0.1) is 11.1 Å². The average molecular weight is 548 g/mol. The Kier molecular flexibility index (Phi) is 6.34. The highest BCUT2D eigenvalue weighted by atomic mass is 35.5. The van der Waals surface area contributed by atoms with Crippen LogP contribution in [0.1, 0.15) is 59.6 Å². The van der Waals surface area contributed by atoms with Crippen LogP contribution >= 0.6 is 11.6 Å². The van der Waals surface area contributed by atoms with Gasteiger partial charge in [0, 0.05) is 22.3 Å². The predicted octanol–water partition coefficient (Wildman–Crippen LogP) is 6.16. The zero-order valence-corrected chi connectivity index (χ0v) is 22.7. The molecule has 0 saturated carbocycles. The van der Waals surface area contributed by atoms with Gasteiger partial charge in [-0.3, -0.25) is 14.9 Å². The Labute approximate surface area is 228 Å². The van der Waals surface area contributed by atoms with Crippen LogP contribution in [0.5, 0.6) is 5.75 Å². The molecule has 1 aliphatic heterocycles. The Bertz CT molecular complexity index is 1740. The number of hydrogen-bond acceptors (Lipinski definition) is 7. The molecular weight excluding hydrogens is 522 g/mol. The molecule has 2 aromatic carbocycles. The SMILES string of the molecule is Cc1cc([C@@H](C)Oc2ccc(Cl)nc2C(N)=O)c2oc(-c3ccc4c(c3)C(C)(C)OC(=O)N4)c(C)c(=O)c2c1. The first-order valence-corrected chi connectivity index (χ1v) is 12.6. The van der Waals surface area contributed by atoms with E-state index < -0.39 is 23.7 Å². The number of carbonyl (C=O) groups is 2. The second-order valence-corrected chi connectivity index (χ2v) is 10.4. The van der Waals surface area contributed by atoms with Crippen LogP contribution in [0.4, 0.5) is 10.5 Å². The molecule has 4 aromatic rings. The van der Waals surface area contributed by atoms with Crippen molar-refractivity contribution in [1.29, 1.82) is 0 Å². The number of cyclic esters (lactones) is 1. The number of aryl methyl sites for hydroxylation is 1. The molecule has 0 fully saturated rings. The molecule has 1 atom stereocenters. The first kappa shape index (κ1) is 26.2. The summed E-state index contributed by atoms with van der Waals surface area (Å²) in [4.78, 5) is 41.4. The molecule has 9 nitrogen and oxygen atoms in total. The third kappa shape index (κ3) is 4.70. The number of nitrogens with two attached hydrogens (primary N) is 1. The number of ether oxygens (including phenoxy) is 2. The van der Waals surface area contributed by atoms with E-state index in [1.807, 2.05) is 19.1 Å². The lowest BCUT2D eigenvalue weighted by Gasteiger charge is -2.32. The Balaban J connectivity index is 1.66.